The first kappa shape index (κ1) is 20.2. The standard InChI is InChI=1S/C17H10ClN5O5S/c18-13-5-4-11(7-14(13)23(27)28)9-19-21-17-20-16(24)15(29-17)8-10-2-1-3-12(6-10)22(25)26/h1-9H,(H,20,21,24)/b15-8+,19-9-. The summed E-state index contributed by atoms with van der Waals surface area (Å²) in [4.78, 5) is 32.9. The number of amides is 1. The number of benzene rings is 2. The van der Waals surface area contributed by atoms with Crippen molar-refractivity contribution in [3.8, 4) is 0 Å². The Morgan fingerprint density at radius 1 is 1.07 bits per heavy atom. The van der Waals surface area contributed by atoms with Gasteiger partial charge >= 0.3 is 0 Å². The summed E-state index contributed by atoms with van der Waals surface area (Å²) in [5.41, 5.74) is 0.564. The fourth-order valence-corrected chi connectivity index (χ4v) is 3.22. The Labute approximate surface area is 172 Å². The van der Waals surface area contributed by atoms with E-state index >= 15 is 0 Å². The van der Waals surface area contributed by atoms with E-state index in [-0.39, 0.29) is 21.6 Å². The van der Waals surface area contributed by atoms with Crippen LogP contribution < -0.4 is 5.32 Å². The van der Waals surface area contributed by atoms with Gasteiger partial charge in [-0.15, -0.1) is 5.10 Å². The number of hydrogen-bond donors (Lipinski definition) is 1. The average molecular weight is 432 g/mol. The minimum Gasteiger partial charge on any atom is -0.299 e. The Morgan fingerprint density at radius 2 is 1.86 bits per heavy atom. The first-order chi connectivity index (χ1) is 13.8. The SMILES string of the molecule is O=C1N/C(=N/N=C\c2ccc(Cl)c([N+](=O)[O-])c2)S/C1=C/c1cccc([N+](=O)[O-])c1. The maximum atomic E-state index is 12.0. The van der Waals surface area contributed by atoms with Crippen molar-refractivity contribution in [2.24, 2.45) is 10.2 Å². The van der Waals surface area contributed by atoms with Crippen LogP contribution in [0.5, 0.6) is 0 Å². The van der Waals surface area contributed by atoms with Crippen molar-refractivity contribution < 1.29 is 14.6 Å². The number of nitro groups is 2. The highest BCUT2D eigenvalue weighted by molar-refractivity contribution is 8.18. The number of thioether (sulfide) groups is 1. The van der Waals surface area contributed by atoms with Crippen molar-refractivity contribution in [3.63, 3.8) is 0 Å². The van der Waals surface area contributed by atoms with Crippen LogP contribution in [0.25, 0.3) is 6.08 Å². The molecule has 3 rings (SSSR count). The lowest BCUT2D eigenvalue weighted by Crippen LogP contribution is -2.19. The van der Waals surface area contributed by atoms with Crippen LogP contribution in [-0.4, -0.2) is 27.1 Å². The van der Waals surface area contributed by atoms with E-state index in [0.29, 0.717) is 16.0 Å². The van der Waals surface area contributed by atoms with Crippen LogP contribution in [-0.2, 0) is 4.79 Å². The lowest BCUT2D eigenvalue weighted by Gasteiger charge is -1.96. The van der Waals surface area contributed by atoms with Crippen molar-refractivity contribution in [2.45, 2.75) is 0 Å². The molecule has 0 atom stereocenters. The fourth-order valence-electron chi connectivity index (χ4n) is 2.25. The molecule has 29 heavy (non-hydrogen) atoms. The second kappa shape index (κ2) is 8.63. The molecule has 0 bridgehead atoms. The van der Waals surface area contributed by atoms with Crippen molar-refractivity contribution in [3.05, 3.63) is 83.7 Å². The third-order valence-electron chi connectivity index (χ3n) is 3.55. The molecule has 0 aromatic heterocycles. The molecule has 2 aromatic carbocycles. The molecule has 0 unspecified atom stereocenters. The Hall–Kier alpha value is -3.57. The number of nitrogens with one attached hydrogen (secondary N) is 1. The largest absolute Gasteiger partial charge is 0.299 e. The van der Waals surface area contributed by atoms with Crippen LogP contribution in [0.15, 0.2) is 57.6 Å². The van der Waals surface area contributed by atoms with E-state index in [4.69, 9.17) is 11.6 Å². The third kappa shape index (κ3) is 5.03. The number of carbonyl (C=O) groups is 1. The summed E-state index contributed by atoms with van der Waals surface area (Å²) in [5, 5.41) is 32.1. The van der Waals surface area contributed by atoms with Gasteiger partial charge in [-0.1, -0.05) is 29.8 Å². The Balaban J connectivity index is 1.75. The second-order valence-electron chi connectivity index (χ2n) is 5.53. The number of hydrogen-bond acceptors (Lipinski definition) is 8. The van der Waals surface area contributed by atoms with Crippen LogP contribution in [0.1, 0.15) is 11.1 Å². The molecule has 146 valence electrons. The lowest BCUT2D eigenvalue weighted by molar-refractivity contribution is -0.385. The zero-order chi connectivity index (χ0) is 21.0. The summed E-state index contributed by atoms with van der Waals surface area (Å²) in [5.74, 6) is -0.419. The summed E-state index contributed by atoms with van der Waals surface area (Å²) >= 11 is 6.76. The number of amidine groups is 1. The van der Waals surface area contributed by atoms with Crippen LogP contribution in [0.3, 0.4) is 0 Å². The van der Waals surface area contributed by atoms with Gasteiger partial charge in [0.25, 0.3) is 17.3 Å². The summed E-state index contributed by atoms with van der Waals surface area (Å²) in [6.45, 7) is 0. The van der Waals surface area contributed by atoms with Crippen LogP contribution in [0, 0.1) is 20.2 Å². The summed E-state index contributed by atoms with van der Waals surface area (Å²) in [6, 6.07) is 10.0. The van der Waals surface area contributed by atoms with Gasteiger partial charge in [0.1, 0.15) is 5.02 Å². The van der Waals surface area contributed by atoms with Gasteiger partial charge in [0.2, 0.25) is 0 Å². The number of carbonyl (C=O) groups excluding carboxylic acids is 1. The number of nitro benzene ring substituents is 2. The van der Waals surface area contributed by atoms with Gasteiger partial charge in [-0.05, 0) is 29.5 Å². The lowest BCUT2D eigenvalue weighted by atomic mass is 10.2. The van der Waals surface area contributed by atoms with E-state index < -0.39 is 15.8 Å². The molecule has 1 saturated heterocycles. The average Bonchev–Trinajstić information content (AvgIpc) is 3.02. The minimum absolute atomic E-state index is 0.00741. The highest BCUT2D eigenvalue weighted by atomic mass is 35.5. The second-order valence-corrected chi connectivity index (χ2v) is 6.97. The molecule has 1 amide bonds. The third-order valence-corrected chi connectivity index (χ3v) is 4.77. The van der Waals surface area contributed by atoms with E-state index in [1.165, 1.54) is 48.7 Å². The highest BCUT2D eigenvalue weighted by Gasteiger charge is 2.24. The van der Waals surface area contributed by atoms with E-state index in [2.05, 4.69) is 15.5 Å². The Kier molecular flexibility index (Phi) is 6.00. The molecule has 10 nitrogen and oxygen atoms in total. The van der Waals surface area contributed by atoms with E-state index in [0.717, 1.165) is 11.8 Å². The predicted molar refractivity (Wildman–Crippen MR) is 110 cm³/mol. The zero-order valence-corrected chi connectivity index (χ0v) is 15.9. The monoisotopic (exact) mass is 431 g/mol. The molecule has 1 aliphatic rings. The van der Waals surface area contributed by atoms with Gasteiger partial charge < -0.3 is 0 Å². The van der Waals surface area contributed by atoms with Crippen molar-refractivity contribution >= 4 is 58.1 Å². The van der Waals surface area contributed by atoms with Gasteiger partial charge in [-0.2, -0.15) is 5.10 Å². The molecule has 0 radical (unpaired) electrons. The Bertz CT molecular complexity index is 1120. The van der Waals surface area contributed by atoms with Crippen molar-refractivity contribution in [2.75, 3.05) is 0 Å². The number of non-ortho nitro benzene ring substituents is 1. The van der Waals surface area contributed by atoms with Crippen LogP contribution in [0.2, 0.25) is 5.02 Å². The predicted octanol–water partition coefficient (Wildman–Crippen LogP) is 3.75. The quantitative estimate of drug-likeness (QED) is 0.331. The smallest absolute Gasteiger partial charge is 0.288 e. The molecule has 1 aliphatic heterocycles. The molecular weight excluding hydrogens is 422 g/mol. The van der Waals surface area contributed by atoms with Gasteiger partial charge in [-0.3, -0.25) is 30.3 Å². The van der Waals surface area contributed by atoms with Gasteiger partial charge in [0.15, 0.2) is 5.17 Å². The van der Waals surface area contributed by atoms with Crippen molar-refractivity contribution in [1.82, 2.24) is 5.32 Å². The summed E-state index contributed by atoms with van der Waals surface area (Å²) < 4.78 is 0. The van der Waals surface area contributed by atoms with Crippen LogP contribution in [0.4, 0.5) is 11.4 Å². The molecule has 0 spiro atoms. The summed E-state index contributed by atoms with van der Waals surface area (Å²) in [7, 11) is 0. The zero-order valence-electron chi connectivity index (χ0n) is 14.3. The molecule has 0 aliphatic carbocycles. The van der Waals surface area contributed by atoms with Gasteiger partial charge in [0, 0.05) is 23.8 Å². The van der Waals surface area contributed by atoms with Gasteiger partial charge in [0.05, 0.1) is 21.0 Å². The Morgan fingerprint density at radius 3 is 2.59 bits per heavy atom. The summed E-state index contributed by atoms with van der Waals surface area (Å²) in [6.07, 6.45) is 2.78. The van der Waals surface area contributed by atoms with E-state index in [1.807, 2.05) is 0 Å². The molecule has 1 N–H and O–H groups in total. The number of halogens is 1. The van der Waals surface area contributed by atoms with Crippen LogP contribution >= 0.6 is 23.4 Å². The first-order valence-corrected chi connectivity index (χ1v) is 9.03. The molecule has 1 fully saturated rings. The molecule has 0 saturated carbocycles. The molecule has 2 aromatic rings. The highest BCUT2D eigenvalue weighted by Crippen LogP contribution is 2.27. The van der Waals surface area contributed by atoms with Crippen molar-refractivity contribution in [1.29, 1.82) is 0 Å². The van der Waals surface area contributed by atoms with Gasteiger partial charge in [-0.25, -0.2) is 0 Å². The molecular formula is C17H10ClN5O5S. The molecule has 12 heteroatoms. The maximum Gasteiger partial charge on any atom is 0.288 e. The number of rotatable bonds is 5. The fraction of sp³-hybridized carbons (Fsp3) is 0. The minimum atomic E-state index is -0.608. The van der Waals surface area contributed by atoms with E-state index in [1.54, 1.807) is 6.07 Å². The number of nitrogens with zero attached hydrogens (tertiary/aromatic N) is 4. The maximum absolute atomic E-state index is 12.0. The topological polar surface area (TPSA) is 140 Å². The van der Waals surface area contributed by atoms with E-state index in [9.17, 15) is 25.0 Å². The first-order valence-electron chi connectivity index (χ1n) is 7.84. The molecule has 1 heterocycles. The normalized spacial score (nSPS) is 16.5.